The quantitative estimate of drug-likeness (QED) is 0.606. The van der Waals surface area contributed by atoms with Gasteiger partial charge in [-0.15, -0.1) is 22.7 Å². The zero-order chi connectivity index (χ0) is 17.5. The molecule has 25 heavy (non-hydrogen) atoms. The molecule has 0 unspecified atom stereocenters. The van der Waals surface area contributed by atoms with E-state index in [0.29, 0.717) is 18.1 Å². The van der Waals surface area contributed by atoms with Gasteiger partial charge in [-0.2, -0.15) is 0 Å². The van der Waals surface area contributed by atoms with Crippen LogP contribution in [0.1, 0.15) is 15.3 Å². The number of amides is 1. The molecule has 0 aliphatic rings. The molecule has 6 heteroatoms. The number of thiophene rings is 2. The van der Waals surface area contributed by atoms with Crippen molar-refractivity contribution in [1.82, 2.24) is 5.32 Å². The molecule has 3 nitrogen and oxygen atoms in total. The lowest BCUT2D eigenvalue weighted by molar-refractivity contribution is -0.919. The van der Waals surface area contributed by atoms with Crippen molar-refractivity contribution in [3.8, 4) is 0 Å². The molecule has 1 amide bonds. The van der Waals surface area contributed by atoms with Crippen LogP contribution >= 0.6 is 34.3 Å². The number of nitrogens with one attached hydrogen (secondary N) is 2. The van der Waals surface area contributed by atoms with E-state index in [-0.39, 0.29) is 5.91 Å². The Balaban J connectivity index is 1.56. The fourth-order valence-electron chi connectivity index (χ4n) is 2.60. The van der Waals surface area contributed by atoms with Crippen LogP contribution in [0.4, 0.5) is 0 Å². The topological polar surface area (TPSA) is 33.5 Å². The highest BCUT2D eigenvalue weighted by Crippen LogP contribution is 2.10. The number of quaternary nitrogens is 1. The minimum atomic E-state index is 0.0677. The van der Waals surface area contributed by atoms with Gasteiger partial charge in [-0.3, -0.25) is 4.79 Å². The van der Waals surface area contributed by atoms with E-state index in [4.69, 9.17) is 11.6 Å². The second-order valence-corrected chi connectivity index (χ2v) is 8.34. The zero-order valence-electron chi connectivity index (χ0n) is 13.7. The highest BCUT2D eigenvalue weighted by atomic mass is 35.5. The molecule has 130 valence electrons. The Hall–Kier alpha value is -1.66. The van der Waals surface area contributed by atoms with Crippen molar-refractivity contribution in [3.05, 3.63) is 79.6 Å². The van der Waals surface area contributed by atoms with Crippen LogP contribution in [0.3, 0.4) is 0 Å². The fraction of sp³-hybridized carbons (Fsp3) is 0.211. The van der Waals surface area contributed by atoms with Crippen LogP contribution in [0.25, 0.3) is 0 Å². The van der Waals surface area contributed by atoms with Crippen LogP contribution < -0.4 is 10.2 Å². The van der Waals surface area contributed by atoms with Gasteiger partial charge in [-0.1, -0.05) is 35.9 Å². The SMILES string of the molecule is O=C(C[NH+](Cc1cccs1)Cc1cccs1)NCc1ccc(Cl)cc1. The third-order valence-corrected chi connectivity index (χ3v) is 5.83. The second-order valence-electron chi connectivity index (χ2n) is 5.84. The third kappa shape index (κ3) is 5.97. The van der Waals surface area contributed by atoms with E-state index in [2.05, 4.69) is 40.3 Å². The van der Waals surface area contributed by atoms with Gasteiger partial charge in [0.05, 0.1) is 9.75 Å². The number of halogens is 1. The van der Waals surface area contributed by atoms with Crippen molar-refractivity contribution in [2.75, 3.05) is 6.54 Å². The van der Waals surface area contributed by atoms with Crippen LogP contribution in [0, 0.1) is 0 Å². The molecule has 3 rings (SSSR count). The maximum Gasteiger partial charge on any atom is 0.275 e. The summed E-state index contributed by atoms with van der Waals surface area (Å²) in [6.07, 6.45) is 0. The lowest BCUT2D eigenvalue weighted by atomic mass is 10.2. The van der Waals surface area contributed by atoms with Gasteiger partial charge >= 0.3 is 0 Å². The van der Waals surface area contributed by atoms with Gasteiger partial charge < -0.3 is 10.2 Å². The molecule has 0 atom stereocenters. The van der Waals surface area contributed by atoms with E-state index >= 15 is 0 Å². The summed E-state index contributed by atoms with van der Waals surface area (Å²) in [5.74, 6) is 0.0677. The molecule has 0 bridgehead atoms. The van der Waals surface area contributed by atoms with Crippen molar-refractivity contribution >= 4 is 40.2 Å². The largest absolute Gasteiger partial charge is 0.347 e. The van der Waals surface area contributed by atoms with Crippen molar-refractivity contribution in [2.24, 2.45) is 0 Å². The van der Waals surface area contributed by atoms with E-state index in [1.807, 2.05) is 24.3 Å². The van der Waals surface area contributed by atoms with Crippen LogP contribution in [-0.2, 0) is 24.4 Å². The minimum absolute atomic E-state index is 0.0677. The van der Waals surface area contributed by atoms with Crippen LogP contribution in [0.15, 0.2) is 59.3 Å². The summed E-state index contributed by atoms with van der Waals surface area (Å²) in [6.45, 7) is 2.72. The molecule has 1 aromatic carbocycles. The van der Waals surface area contributed by atoms with Crippen LogP contribution in [-0.4, -0.2) is 12.5 Å². The number of carbonyl (C=O) groups is 1. The Bertz CT molecular complexity index is 734. The van der Waals surface area contributed by atoms with E-state index in [0.717, 1.165) is 18.7 Å². The van der Waals surface area contributed by atoms with Gasteiger partial charge in [-0.05, 0) is 40.6 Å². The second kappa shape index (κ2) is 9.15. The van der Waals surface area contributed by atoms with Gasteiger partial charge in [-0.25, -0.2) is 0 Å². The molecular weight excluding hydrogens is 372 g/mol. The Morgan fingerprint density at radius 2 is 1.56 bits per heavy atom. The van der Waals surface area contributed by atoms with Crippen LogP contribution in [0.5, 0.6) is 0 Å². The Morgan fingerprint density at radius 1 is 0.960 bits per heavy atom. The predicted molar refractivity (Wildman–Crippen MR) is 105 cm³/mol. The van der Waals surface area contributed by atoms with Gasteiger partial charge in [0.2, 0.25) is 0 Å². The zero-order valence-corrected chi connectivity index (χ0v) is 16.1. The highest BCUT2D eigenvalue weighted by molar-refractivity contribution is 7.10. The molecule has 0 saturated heterocycles. The maximum atomic E-state index is 12.4. The predicted octanol–water partition coefficient (Wildman–Crippen LogP) is 3.36. The number of carbonyl (C=O) groups excluding carboxylic acids is 1. The fourth-order valence-corrected chi connectivity index (χ4v) is 4.28. The first kappa shape index (κ1) is 18.1. The molecule has 0 aliphatic heterocycles. The van der Waals surface area contributed by atoms with Gasteiger partial charge in [0.1, 0.15) is 13.1 Å². The Morgan fingerprint density at radius 3 is 2.08 bits per heavy atom. The summed E-state index contributed by atoms with van der Waals surface area (Å²) in [7, 11) is 0. The Kier molecular flexibility index (Phi) is 6.64. The average molecular weight is 392 g/mol. The summed E-state index contributed by atoms with van der Waals surface area (Å²) in [6, 6.07) is 15.9. The molecule has 2 aromatic heterocycles. The molecular formula is C19H20ClN2OS2+. The monoisotopic (exact) mass is 391 g/mol. The molecule has 0 fully saturated rings. The molecule has 2 N–H and O–H groups in total. The lowest BCUT2D eigenvalue weighted by Crippen LogP contribution is -3.10. The first-order valence-corrected chi connectivity index (χ1v) is 10.2. The first-order chi connectivity index (χ1) is 12.2. The van der Waals surface area contributed by atoms with Crippen molar-refractivity contribution < 1.29 is 9.69 Å². The standard InChI is InChI=1S/C19H19ClN2OS2/c20-16-7-5-15(6-8-16)11-21-19(23)14-22(12-17-3-1-9-24-17)13-18-4-2-10-25-18/h1-10H,11-14H2,(H,21,23)/p+1. The van der Waals surface area contributed by atoms with Gasteiger partial charge in [0.15, 0.2) is 6.54 Å². The molecule has 0 spiro atoms. The molecule has 2 heterocycles. The van der Waals surface area contributed by atoms with E-state index < -0.39 is 0 Å². The number of hydrogen-bond acceptors (Lipinski definition) is 3. The lowest BCUT2D eigenvalue weighted by Gasteiger charge is -2.18. The molecule has 3 aromatic rings. The molecule has 0 saturated carbocycles. The maximum absolute atomic E-state index is 12.4. The summed E-state index contributed by atoms with van der Waals surface area (Å²) < 4.78 is 0. The van der Waals surface area contributed by atoms with Crippen molar-refractivity contribution in [1.29, 1.82) is 0 Å². The average Bonchev–Trinajstić information content (AvgIpc) is 3.28. The summed E-state index contributed by atoms with van der Waals surface area (Å²) in [5, 5.41) is 7.88. The normalized spacial score (nSPS) is 11.0. The van der Waals surface area contributed by atoms with Crippen molar-refractivity contribution in [2.45, 2.75) is 19.6 Å². The Labute approximate surface area is 160 Å². The molecule has 0 aliphatic carbocycles. The summed E-state index contributed by atoms with van der Waals surface area (Å²) in [4.78, 5) is 16.3. The minimum Gasteiger partial charge on any atom is -0.347 e. The van der Waals surface area contributed by atoms with E-state index in [1.54, 1.807) is 22.7 Å². The van der Waals surface area contributed by atoms with E-state index in [9.17, 15) is 4.79 Å². The highest BCUT2D eigenvalue weighted by Gasteiger charge is 2.16. The van der Waals surface area contributed by atoms with Gasteiger partial charge in [0, 0.05) is 11.6 Å². The smallest absolute Gasteiger partial charge is 0.275 e. The molecule has 0 radical (unpaired) electrons. The first-order valence-electron chi connectivity index (χ1n) is 8.08. The van der Waals surface area contributed by atoms with Crippen LogP contribution in [0.2, 0.25) is 5.02 Å². The summed E-state index contributed by atoms with van der Waals surface area (Å²) >= 11 is 9.37. The summed E-state index contributed by atoms with van der Waals surface area (Å²) in [5.41, 5.74) is 1.05. The number of rotatable bonds is 8. The van der Waals surface area contributed by atoms with Crippen molar-refractivity contribution in [3.63, 3.8) is 0 Å². The van der Waals surface area contributed by atoms with E-state index in [1.165, 1.54) is 14.7 Å². The van der Waals surface area contributed by atoms with Gasteiger partial charge in [0.25, 0.3) is 5.91 Å². The number of hydrogen-bond donors (Lipinski definition) is 2. The third-order valence-electron chi connectivity index (χ3n) is 3.82. The number of benzene rings is 1.